The van der Waals surface area contributed by atoms with E-state index in [1.807, 2.05) is 12.1 Å². The van der Waals surface area contributed by atoms with Crippen LogP contribution in [0.1, 0.15) is 12.0 Å². The Balaban J connectivity index is 1.71. The van der Waals surface area contributed by atoms with E-state index in [1.54, 1.807) is 0 Å². The first kappa shape index (κ1) is 11.1. The minimum Gasteiger partial charge on any atom is -0.295 e. The second-order valence-electron chi connectivity index (χ2n) is 4.63. The Kier molecular flexibility index (Phi) is 3.08. The fourth-order valence-electron chi connectivity index (χ4n) is 2.49. The van der Waals surface area contributed by atoms with Crippen LogP contribution in [0.2, 0.25) is 5.02 Å². The summed E-state index contributed by atoms with van der Waals surface area (Å²) in [5.41, 5.74) is 4.22. The predicted molar refractivity (Wildman–Crippen MR) is 73.3 cm³/mol. The number of hydrogen-bond acceptors (Lipinski definition) is 1. The summed E-state index contributed by atoms with van der Waals surface area (Å²) in [6.07, 6.45) is 3.39. The Morgan fingerprint density at radius 1 is 1.29 bits per heavy atom. The molecule has 2 heterocycles. The molecule has 0 saturated heterocycles. The number of hydrogen-bond donors (Lipinski definition) is 0. The lowest BCUT2D eigenvalue weighted by Gasteiger charge is -2.28. The Labute approximate surface area is 108 Å². The van der Waals surface area contributed by atoms with Gasteiger partial charge in [0.25, 0.3) is 0 Å². The summed E-state index contributed by atoms with van der Waals surface area (Å²) in [4.78, 5) is 2.46. The quantitative estimate of drug-likeness (QED) is 0.721. The van der Waals surface area contributed by atoms with Gasteiger partial charge in [-0.1, -0.05) is 41.3 Å². The number of halogens is 1. The summed E-state index contributed by atoms with van der Waals surface area (Å²) in [7, 11) is 2.24. The standard InChI is InChI=1S/C14H14BClN/c16-14-4-2-1-3-12(14)10-17-8-6-13-11(9-17)5-7-15-13/h1-5,7H,6,8-10H2. The third-order valence-corrected chi connectivity index (χ3v) is 3.82. The smallest absolute Gasteiger partial charge is 0.176 e. The van der Waals surface area contributed by atoms with Gasteiger partial charge in [-0.15, -0.1) is 5.98 Å². The van der Waals surface area contributed by atoms with Gasteiger partial charge < -0.3 is 0 Å². The van der Waals surface area contributed by atoms with Crippen LogP contribution in [-0.4, -0.2) is 25.3 Å². The lowest BCUT2D eigenvalue weighted by molar-refractivity contribution is 0.283. The van der Waals surface area contributed by atoms with Gasteiger partial charge in [-0.05, 0) is 23.6 Å². The highest BCUT2D eigenvalue weighted by Crippen LogP contribution is 2.25. The zero-order valence-corrected chi connectivity index (χ0v) is 10.5. The summed E-state index contributed by atoms with van der Waals surface area (Å²) in [6, 6.07) is 8.12. The van der Waals surface area contributed by atoms with Crippen molar-refractivity contribution in [3.63, 3.8) is 0 Å². The van der Waals surface area contributed by atoms with Crippen molar-refractivity contribution in [2.75, 3.05) is 13.1 Å². The minimum absolute atomic E-state index is 0.876. The molecule has 2 aliphatic rings. The molecule has 0 amide bonds. The van der Waals surface area contributed by atoms with E-state index in [2.05, 4.69) is 36.4 Å². The molecule has 85 valence electrons. The van der Waals surface area contributed by atoms with Crippen LogP contribution < -0.4 is 0 Å². The van der Waals surface area contributed by atoms with E-state index < -0.39 is 0 Å². The van der Waals surface area contributed by atoms with Crippen LogP contribution in [0.15, 0.2) is 47.4 Å². The van der Waals surface area contributed by atoms with E-state index in [1.165, 1.54) is 16.6 Å². The molecule has 0 N–H and O–H groups in total. The normalized spacial score (nSPS) is 19.4. The molecule has 3 heteroatoms. The Bertz CT molecular complexity index is 493. The first-order valence-electron chi connectivity index (χ1n) is 6.02. The van der Waals surface area contributed by atoms with Crippen LogP contribution in [0.25, 0.3) is 0 Å². The van der Waals surface area contributed by atoms with Crippen LogP contribution in [0, 0.1) is 0 Å². The summed E-state index contributed by atoms with van der Waals surface area (Å²) >= 11 is 6.20. The Hall–Kier alpha value is -0.985. The first-order valence-corrected chi connectivity index (χ1v) is 6.40. The molecule has 2 aliphatic heterocycles. The van der Waals surface area contributed by atoms with E-state index in [-0.39, 0.29) is 0 Å². The summed E-state index contributed by atoms with van der Waals surface area (Å²) < 4.78 is 0. The molecule has 1 radical (unpaired) electrons. The highest BCUT2D eigenvalue weighted by Gasteiger charge is 2.20. The van der Waals surface area contributed by atoms with Crippen LogP contribution in [-0.2, 0) is 6.54 Å². The topological polar surface area (TPSA) is 3.24 Å². The van der Waals surface area contributed by atoms with Crippen molar-refractivity contribution in [2.45, 2.75) is 13.0 Å². The molecule has 0 bridgehead atoms. The van der Waals surface area contributed by atoms with Gasteiger partial charge >= 0.3 is 0 Å². The average molecular weight is 243 g/mol. The Morgan fingerprint density at radius 3 is 3.06 bits per heavy atom. The molecule has 3 rings (SSSR count). The molecule has 0 unspecified atom stereocenters. The van der Waals surface area contributed by atoms with Crippen LogP contribution in [0.4, 0.5) is 0 Å². The third-order valence-electron chi connectivity index (χ3n) is 3.45. The summed E-state index contributed by atoms with van der Waals surface area (Å²) in [5.74, 6) is 2.16. The van der Waals surface area contributed by atoms with Crippen molar-refractivity contribution in [1.82, 2.24) is 4.90 Å². The van der Waals surface area contributed by atoms with Crippen molar-refractivity contribution in [3.8, 4) is 0 Å². The molecule has 0 atom stereocenters. The van der Waals surface area contributed by atoms with E-state index in [0.29, 0.717) is 0 Å². The van der Waals surface area contributed by atoms with Gasteiger partial charge in [0.15, 0.2) is 7.28 Å². The van der Waals surface area contributed by atoms with Crippen molar-refractivity contribution < 1.29 is 0 Å². The van der Waals surface area contributed by atoms with Crippen LogP contribution in [0.5, 0.6) is 0 Å². The molecule has 1 nitrogen and oxygen atoms in total. The lowest BCUT2D eigenvalue weighted by Crippen LogP contribution is -2.31. The van der Waals surface area contributed by atoms with Gasteiger partial charge in [0, 0.05) is 24.7 Å². The van der Waals surface area contributed by atoms with E-state index in [4.69, 9.17) is 11.6 Å². The van der Waals surface area contributed by atoms with Gasteiger partial charge in [-0.25, -0.2) is 0 Å². The van der Waals surface area contributed by atoms with Crippen LogP contribution >= 0.6 is 11.6 Å². The molecule has 1 aromatic carbocycles. The molecule has 0 spiro atoms. The maximum atomic E-state index is 6.20. The summed E-state index contributed by atoms with van der Waals surface area (Å²) in [6.45, 7) is 3.13. The second-order valence-corrected chi connectivity index (χ2v) is 5.04. The van der Waals surface area contributed by atoms with Crippen LogP contribution in [0.3, 0.4) is 0 Å². The fourth-order valence-corrected chi connectivity index (χ4v) is 2.69. The number of nitrogens with zero attached hydrogens (tertiary/aromatic N) is 1. The van der Waals surface area contributed by atoms with E-state index in [9.17, 15) is 0 Å². The van der Waals surface area contributed by atoms with Crippen molar-refractivity contribution in [3.05, 3.63) is 57.9 Å². The fraction of sp³-hybridized carbons (Fsp3) is 0.286. The Morgan fingerprint density at radius 2 is 2.18 bits per heavy atom. The second kappa shape index (κ2) is 4.71. The molecule has 0 aromatic heterocycles. The van der Waals surface area contributed by atoms with Gasteiger partial charge in [0.1, 0.15) is 0 Å². The predicted octanol–water partition coefficient (Wildman–Crippen LogP) is 3.03. The van der Waals surface area contributed by atoms with Gasteiger partial charge in [-0.3, -0.25) is 4.90 Å². The highest BCUT2D eigenvalue weighted by molar-refractivity contribution is 6.53. The maximum absolute atomic E-state index is 6.20. The zero-order valence-electron chi connectivity index (χ0n) is 9.70. The van der Waals surface area contributed by atoms with E-state index in [0.717, 1.165) is 31.1 Å². The first-order chi connectivity index (χ1) is 8.33. The molecular weight excluding hydrogens is 228 g/mol. The summed E-state index contributed by atoms with van der Waals surface area (Å²) in [5, 5.41) is 0.876. The molecular formula is C14H14BClN. The van der Waals surface area contributed by atoms with Gasteiger partial charge in [0.2, 0.25) is 0 Å². The monoisotopic (exact) mass is 242 g/mol. The average Bonchev–Trinajstić information content (AvgIpc) is 2.79. The van der Waals surface area contributed by atoms with E-state index >= 15 is 0 Å². The molecule has 1 aromatic rings. The highest BCUT2D eigenvalue weighted by atomic mass is 35.5. The SMILES string of the molecule is Clc1ccccc1CN1CCC2=C(C=C[B]2)C1. The van der Waals surface area contributed by atoms with Crippen molar-refractivity contribution in [1.29, 1.82) is 0 Å². The zero-order chi connectivity index (χ0) is 11.7. The lowest BCUT2D eigenvalue weighted by atomic mass is 9.70. The molecule has 0 fully saturated rings. The minimum atomic E-state index is 0.876. The number of benzene rings is 1. The van der Waals surface area contributed by atoms with Gasteiger partial charge in [-0.2, -0.15) is 0 Å². The van der Waals surface area contributed by atoms with Gasteiger partial charge in [0.05, 0.1) is 0 Å². The van der Waals surface area contributed by atoms with Crippen molar-refractivity contribution >= 4 is 18.9 Å². The maximum Gasteiger partial charge on any atom is 0.176 e. The van der Waals surface area contributed by atoms with Crippen molar-refractivity contribution in [2.24, 2.45) is 0 Å². The third kappa shape index (κ3) is 2.33. The number of rotatable bonds is 2. The molecule has 17 heavy (non-hydrogen) atoms. The molecule has 0 saturated carbocycles. The molecule has 0 aliphatic carbocycles. The largest absolute Gasteiger partial charge is 0.295 e.